The van der Waals surface area contributed by atoms with E-state index in [1.54, 1.807) is 15.8 Å². The van der Waals surface area contributed by atoms with Crippen LogP contribution in [0.15, 0.2) is 70.0 Å². The molecule has 0 radical (unpaired) electrons. The number of hydrogen-bond acceptors (Lipinski definition) is 5. The summed E-state index contributed by atoms with van der Waals surface area (Å²) in [6.07, 6.45) is 2.38. The van der Waals surface area contributed by atoms with Crippen molar-refractivity contribution in [1.29, 1.82) is 0 Å². The molecule has 9 nitrogen and oxygen atoms in total. The molecule has 34 heavy (non-hydrogen) atoms. The largest absolute Gasteiger partial charge is 0.437 e. The summed E-state index contributed by atoms with van der Waals surface area (Å²) in [5, 5.41) is 9.89. The number of hydrogen-bond donors (Lipinski definition) is 1. The Morgan fingerprint density at radius 3 is 2.76 bits per heavy atom. The lowest BCUT2D eigenvalue weighted by Crippen LogP contribution is -2.39. The Kier molecular flexibility index (Phi) is 4.68. The van der Waals surface area contributed by atoms with Crippen molar-refractivity contribution in [3.63, 3.8) is 0 Å². The number of aromatic nitrogens is 5. The lowest BCUT2D eigenvalue weighted by molar-refractivity contribution is -0.133. The summed E-state index contributed by atoms with van der Waals surface area (Å²) in [7, 11) is 0. The third kappa shape index (κ3) is 3.33. The van der Waals surface area contributed by atoms with E-state index >= 15 is 0 Å². The second kappa shape index (κ2) is 7.87. The molecule has 0 saturated carbocycles. The van der Waals surface area contributed by atoms with Crippen molar-refractivity contribution in [1.82, 2.24) is 29.4 Å². The Hall–Kier alpha value is -4.40. The van der Waals surface area contributed by atoms with Gasteiger partial charge in [-0.2, -0.15) is 9.78 Å². The number of fused-ring (bicyclic) bond motifs is 3. The van der Waals surface area contributed by atoms with Gasteiger partial charge in [-0.05, 0) is 37.1 Å². The van der Waals surface area contributed by atoms with Gasteiger partial charge in [0.25, 0.3) is 5.89 Å². The Labute approximate surface area is 194 Å². The van der Waals surface area contributed by atoms with Gasteiger partial charge >= 0.3 is 5.76 Å². The molecule has 0 spiro atoms. The minimum Gasteiger partial charge on any atom is -0.387 e. The van der Waals surface area contributed by atoms with Crippen LogP contribution in [-0.2, 0) is 24.3 Å². The van der Waals surface area contributed by atoms with Crippen molar-refractivity contribution in [2.75, 3.05) is 6.54 Å². The van der Waals surface area contributed by atoms with Crippen molar-refractivity contribution >= 4 is 16.8 Å². The molecule has 3 aromatic heterocycles. The highest BCUT2D eigenvalue weighted by atomic mass is 16.4. The number of carbonyl (C=O) groups excluding carboxylic acids is 1. The van der Waals surface area contributed by atoms with Crippen LogP contribution in [0.25, 0.3) is 28.0 Å². The number of amides is 1. The Balaban J connectivity index is 1.22. The van der Waals surface area contributed by atoms with Gasteiger partial charge in [0.2, 0.25) is 5.91 Å². The number of nitrogens with one attached hydrogen (secondary N) is 1. The molecule has 0 saturated heterocycles. The van der Waals surface area contributed by atoms with Gasteiger partial charge < -0.3 is 14.3 Å². The number of carbonyl (C=O) groups is 1. The monoisotopic (exact) mass is 454 g/mol. The Morgan fingerprint density at radius 1 is 1.12 bits per heavy atom. The summed E-state index contributed by atoms with van der Waals surface area (Å²) >= 11 is 0. The predicted molar refractivity (Wildman–Crippen MR) is 125 cm³/mol. The molecule has 6 rings (SSSR count). The maximum Gasteiger partial charge on any atom is 0.437 e. The molecule has 1 N–H and O–H groups in total. The topological polar surface area (TPSA) is 102 Å². The van der Waals surface area contributed by atoms with Crippen molar-refractivity contribution in [2.45, 2.75) is 26.4 Å². The molecular formula is C25H22N6O3. The molecule has 2 aromatic carbocycles. The second-order valence-electron chi connectivity index (χ2n) is 8.41. The average molecular weight is 454 g/mol. The van der Waals surface area contributed by atoms with Gasteiger partial charge in [0.05, 0.1) is 29.7 Å². The Morgan fingerprint density at radius 2 is 1.91 bits per heavy atom. The highest BCUT2D eigenvalue weighted by Gasteiger charge is 2.25. The minimum absolute atomic E-state index is 0.147. The maximum atomic E-state index is 13.0. The lowest BCUT2D eigenvalue weighted by Gasteiger charge is -2.26. The van der Waals surface area contributed by atoms with E-state index in [0.717, 1.165) is 33.7 Å². The lowest BCUT2D eigenvalue weighted by atomic mass is 10.0. The fourth-order valence-corrected chi connectivity index (χ4v) is 4.60. The smallest absolute Gasteiger partial charge is 0.387 e. The quantitative estimate of drug-likeness (QED) is 0.450. The third-order valence-corrected chi connectivity index (χ3v) is 6.37. The van der Waals surface area contributed by atoms with Crippen molar-refractivity contribution in [2.24, 2.45) is 0 Å². The minimum atomic E-state index is -0.668. The fraction of sp³-hybridized carbons (Fsp3) is 0.200. The first-order valence-corrected chi connectivity index (χ1v) is 11.1. The molecule has 0 unspecified atom stereocenters. The summed E-state index contributed by atoms with van der Waals surface area (Å²) in [6, 6.07) is 17.8. The van der Waals surface area contributed by atoms with Gasteiger partial charge in [0, 0.05) is 23.1 Å². The van der Waals surface area contributed by atoms with E-state index in [2.05, 4.69) is 21.2 Å². The number of H-pyrrole nitrogens is 1. The molecule has 170 valence electrons. The Bertz CT molecular complexity index is 1570. The van der Waals surface area contributed by atoms with E-state index in [-0.39, 0.29) is 18.3 Å². The van der Waals surface area contributed by atoms with Crippen LogP contribution in [0.5, 0.6) is 0 Å². The normalized spacial score (nSPS) is 13.4. The maximum absolute atomic E-state index is 13.0. The van der Waals surface area contributed by atoms with Gasteiger partial charge in [-0.1, -0.05) is 36.4 Å². The summed E-state index contributed by atoms with van der Waals surface area (Å²) in [5.41, 5.74) is 5.65. The van der Waals surface area contributed by atoms with Crippen molar-refractivity contribution in [3.8, 4) is 17.1 Å². The number of para-hydroxylation sites is 2. The molecule has 1 aliphatic rings. The zero-order valence-corrected chi connectivity index (χ0v) is 18.6. The average Bonchev–Trinajstić information content (AvgIpc) is 3.53. The van der Waals surface area contributed by atoms with E-state index in [9.17, 15) is 9.59 Å². The second-order valence-corrected chi connectivity index (χ2v) is 8.41. The van der Waals surface area contributed by atoms with Gasteiger partial charge in [-0.3, -0.25) is 4.79 Å². The zero-order chi connectivity index (χ0) is 23.2. The van der Waals surface area contributed by atoms with Crippen LogP contribution in [0, 0.1) is 6.92 Å². The highest BCUT2D eigenvalue weighted by molar-refractivity contribution is 5.85. The molecule has 0 atom stereocenters. The highest BCUT2D eigenvalue weighted by Crippen LogP contribution is 2.27. The van der Waals surface area contributed by atoms with Crippen LogP contribution >= 0.6 is 0 Å². The molecule has 0 fully saturated rings. The molecule has 4 heterocycles. The van der Waals surface area contributed by atoms with Crippen molar-refractivity contribution in [3.05, 3.63) is 88.3 Å². The SMILES string of the molecule is Cc1c(-c2nn(CC(=O)N3CCc4c([nH]c5ccccc45)C3)c(=O)o2)cnn1-c1ccccc1. The molecule has 1 amide bonds. The van der Waals surface area contributed by atoms with E-state index < -0.39 is 5.76 Å². The van der Waals surface area contributed by atoms with Crippen LogP contribution in [-0.4, -0.2) is 41.9 Å². The summed E-state index contributed by atoms with van der Waals surface area (Å²) < 4.78 is 8.22. The summed E-state index contributed by atoms with van der Waals surface area (Å²) in [4.78, 5) is 30.6. The first-order valence-electron chi connectivity index (χ1n) is 11.1. The molecular weight excluding hydrogens is 432 g/mol. The van der Waals surface area contributed by atoms with Crippen molar-refractivity contribution < 1.29 is 9.21 Å². The number of benzene rings is 2. The molecule has 1 aliphatic heterocycles. The first-order chi connectivity index (χ1) is 16.6. The van der Waals surface area contributed by atoms with Crippen LogP contribution in [0.1, 0.15) is 17.0 Å². The van der Waals surface area contributed by atoms with Crippen LogP contribution in [0.2, 0.25) is 0 Å². The molecule has 0 aliphatic carbocycles. The molecule has 0 bridgehead atoms. The van der Waals surface area contributed by atoms with Crippen LogP contribution < -0.4 is 5.76 Å². The van der Waals surface area contributed by atoms with E-state index in [1.807, 2.05) is 55.5 Å². The van der Waals surface area contributed by atoms with Gasteiger partial charge in [0.15, 0.2) is 0 Å². The van der Waals surface area contributed by atoms with E-state index in [1.165, 1.54) is 10.9 Å². The van der Waals surface area contributed by atoms with Crippen LogP contribution in [0.4, 0.5) is 0 Å². The standard InChI is InChI=1S/C25H22N6O3/c1-16-20(13-26-31(16)17-7-3-2-4-8-17)24-28-30(25(33)34-24)15-23(32)29-12-11-19-18-9-5-6-10-21(18)27-22(19)14-29/h2-10,13,27H,11-12,14-15H2,1H3. The van der Waals surface area contributed by atoms with E-state index in [4.69, 9.17) is 4.42 Å². The summed E-state index contributed by atoms with van der Waals surface area (Å²) in [6.45, 7) is 2.77. The predicted octanol–water partition coefficient (Wildman–Crippen LogP) is 3.06. The summed E-state index contributed by atoms with van der Waals surface area (Å²) in [5.74, 6) is -0.699. The van der Waals surface area contributed by atoms with E-state index in [0.29, 0.717) is 18.7 Å². The number of aromatic amines is 1. The molecule has 5 aromatic rings. The van der Waals surface area contributed by atoms with Gasteiger partial charge in [-0.15, -0.1) is 5.10 Å². The fourth-order valence-electron chi connectivity index (χ4n) is 4.60. The van der Waals surface area contributed by atoms with Gasteiger partial charge in [-0.25, -0.2) is 9.48 Å². The van der Waals surface area contributed by atoms with Gasteiger partial charge in [0.1, 0.15) is 6.54 Å². The third-order valence-electron chi connectivity index (χ3n) is 6.37. The number of nitrogens with zero attached hydrogens (tertiary/aromatic N) is 5. The first kappa shape index (κ1) is 20.2. The zero-order valence-electron chi connectivity index (χ0n) is 18.6. The molecule has 9 heteroatoms. The van der Waals surface area contributed by atoms with Crippen LogP contribution in [0.3, 0.4) is 0 Å². The number of rotatable bonds is 4.